The Balaban J connectivity index is 0.00000289. The van der Waals surface area contributed by atoms with E-state index in [4.69, 9.17) is 9.72 Å². The summed E-state index contributed by atoms with van der Waals surface area (Å²) in [5.41, 5.74) is 7.68. The molecular weight excluding hydrogens is 730 g/mol. The zero-order valence-corrected chi connectivity index (χ0v) is 25.8. The summed E-state index contributed by atoms with van der Waals surface area (Å²) in [4.78, 5) is 23.1. The van der Waals surface area contributed by atoms with Gasteiger partial charge >= 0.3 is 21.1 Å². The number of imidazole rings is 2. The first-order chi connectivity index (χ1) is 21.1. The summed E-state index contributed by atoms with van der Waals surface area (Å²) in [6, 6.07) is 25.4. The first-order valence-electron chi connectivity index (χ1n) is 13.9. The molecule has 0 aliphatic heterocycles. The SMILES string of the molecule is Cc1cccc(C)c1-c1ccc2c3ccc(Oc4[c-]c5c(cc4)c4cncnc4n4ccnc54)[c-]c3c3nccn3c2n1.[Pt+2]. The van der Waals surface area contributed by atoms with Gasteiger partial charge in [0.1, 0.15) is 17.6 Å². The van der Waals surface area contributed by atoms with Crippen LogP contribution in [0.5, 0.6) is 11.5 Å². The van der Waals surface area contributed by atoms with Crippen LogP contribution in [0.15, 0.2) is 91.9 Å². The monoisotopic (exact) mass is 750 g/mol. The minimum absolute atomic E-state index is 0. The summed E-state index contributed by atoms with van der Waals surface area (Å²) >= 11 is 0. The van der Waals surface area contributed by atoms with Crippen molar-refractivity contribution in [2.75, 3.05) is 0 Å². The number of ether oxygens (including phenoxy) is 1. The molecule has 0 aliphatic rings. The molecule has 8 nitrogen and oxygen atoms in total. The second kappa shape index (κ2) is 9.93. The van der Waals surface area contributed by atoms with Crippen molar-refractivity contribution in [1.82, 2.24) is 33.7 Å². The van der Waals surface area contributed by atoms with E-state index < -0.39 is 0 Å². The van der Waals surface area contributed by atoms with Crippen molar-refractivity contribution >= 4 is 54.9 Å². The fourth-order valence-corrected chi connectivity index (χ4v) is 6.21. The summed E-state index contributed by atoms with van der Waals surface area (Å²) in [7, 11) is 0. The Morgan fingerprint density at radius 2 is 1.25 bits per heavy atom. The number of fused-ring (bicyclic) bond motifs is 12. The van der Waals surface area contributed by atoms with Crippen LogP contribution in [0.2, 0.25) is 0 Å². The Labute approximate surface area is 265 Å². The zero-order chi connectivity index (χ0) is 28.7. The number of nitrogens with zero attached hydrogens (tertiary/aromatic N) is 7. The minimum atomic E-state index is 0. The van der Waals surface area contributed by atoms with Crippen LogP contribution in [0.4, 0.5) is 0 Å². The number of aryl methyl sites for hydroxylation is 2. The van der Waals surface area contributed by atoms with E-state index in [0.29, 0.717) is 11.5 Å². The molecule has 0 saturated heterocycles. The maximum absolute atomic E-state index is 6.34. The quantitative estimate of drug-likeness (QED) is 0.138. The van der Waals surface area contributed by atoms with Crippen molar-refractivity contribution in [2.24, 2.45) is 0 Å². The molecule has 0 bridgehead atoms. The van der Waals surface area contributed by atoms with E-state index in [0.717, 1.165) is 66.2 Å². The third-order valence-corrected chi connectivity index (χ3v) is 8.13. The molecule has 0 aliphatic carbocycles. The van der Waals surface area contributed by atoms with E-state index in [1.807, 2.05) is 45.6 Å². The minimum Gasteiger partial charge on any atom is -0.497 e. The topological polar surface area (TPSA) is 82.5 Å². The van der Waals surface area contributed by atoms with Crippen molar-refractivity contribution in [3.05, 3.63) is 115 Å². The molecule has 212 valence electrons. The second-order valence-corrected chi connectivity index (χ2v) is 10.7. The molecule has 0 amide bonds. The van der Waals surface area contributed by atoms with E-state index in [1.54, 1.807) is 18.7 Å². The molecule has 0 spiro atoms. The van der Waals surface area contributed by atoms with Crippen molar-refractivity contribution in [1.29, 1.82) is 0 Å². The smallest absolute Gasteiger partial charge is 0.497 e. The van der Waals surface area contributed by atoms with Crippen molar-refractivity contribution < 1.29 is 25.8 Å². The van der Waals surface area contributed by atoms with Gasteiger partial charge in [0.2, 0.25) is 0 Å². The molecule has 0 unspecified atom stereocenters. The van der Waals surface area contributed by atoms with E-state index in [-0.39, 0.29) is 21.1 Å². The predicted octanol–water partition coefficient (Wildman–Crippen LogP) is 7.45. The maximum Gasteiger partial charge on any atom is 2.00 e. The van der Waals surface area contributed by atoms with Gasteiger partial charge < -0.3 is 13.5 Å². The van der Waals surface area contributed by atoms with Gasteiger partial charge in [0, 0.05) is 53.4 Å². The second-order valence-electron chi connectivity index (χ2n) is 10.7. The Morgan fingerprint density at radius 3 is 1.93 bits per heavy atom. The van der Waals surface area contributed by atoms with E-state index in [2.05, 4.69) is 82.3 Å². The summed E-state index contributed by atoms with van der Waals surface area (Å²) in [5.74, 6) is 1.13. The number of pyridine rings is 3. The van der Waals surface area contributed by atoms with Gasteiger partial charge in [0.05, 0.1) is 17.0 Å². The first kappa shape index (κ1) is 26.4. The van der Waals surface area contributed by atoms with Crippen LogP contribution < -0.4 is 4.74 Å². The van der Waals surface area contributed by atoms with Crippen molar-refractivity contribution in [3.63, 3.8) is 0 Å². The summed E-state index contributed by atoms with van der Waals surface area (Å²) < 4.78 is 10.3. The molecule has 0 N–H and O–H groups in total. The molecular formula is C35H21N7OPt. The molecule has 9 heteroatoms. The van der Waals surface area contributed by atoms with Gasteiger partial charge in [-0.2, -0.15) is 0 Å². The summed E-state index contributed by atoms with van der Waals surface area (Å²) in [6.07, 6.45) is 10.8. The molecule has 6 heterocycles. The van der Waals surface area contributed by atoms with Crippen LogP contribution in [-0.4, -0.2) is 33.7 Å². The van der Waals surface area contributed by atoms with Crippen LogP contribution >= 0.6 is 0 Å². The molecule has 3 aromatic carbocycles. The zero-order valence-electron chi connectivity index (χ0n) is 23.5. The predicted molar refractivity (Wildman–Crippen MR) is 166 cm³/mol. The standard InChI is InChI=1S/C35H21N7O.Pt/c1-20-4-3-5-21(2)31(20)30-11-10-26-24-8-6-22(16-27(24)33-38-13-15-42(33)35(26)40-30)43-23-7-9-25-28(17-23)32-37-12-14-41(32)34-29(25)18-36-19-39-34;/h3-15,18-19H,1-2H3;/q-2;+2. The van der Waals surface area contributed by atoms with Crippen LogP contribution in [0.25, 0.3) is 66.2 Å². The Bertz CT molecular complexity index is 2570. The van der Waals surface area contributed by atoms with E-state index in [9.17, 15) is 0 Å². The number of benzene rings is 3. The Hall–Kier alpha value is -5.20. The van der Waals surface area contributed by atoms with Crippen LogP contribution in [0.1, 0.15) is 11.1 Å². The molecule has 6 aromatic heterocycles. The van der Waals surface area contributed by atoms with Crippen LogP contribution in [-0.2, 0) is 21.1 Å². The molecule has 0 radical (unpaired) electrons. The van der Waals surface area contributed by atoms with Crippen LogP contribution in [0.3, 0.4) is 0 Å². The molecule has 9 rings (SSSR count). The Morgan fingerprint density at radius 1 is 0.636 bits per heavy atom. The average molecular weight is 751 g/mol. The van der Waals surface area contributed by atoms with Gasteiger partial charge in [0.15, 0.2) is 0 Å². The summed E-state index contributed by atoms with van der Waals surface area (Å²) in [6.45, 7) is 4.25. The number of hydrogen-bond acceptors (Lipinski definition) is 6. The molecule has 0 atom stereocenters. The van der Waals surface area contributed by atoms with Crippen LogP contribution in [0, 0.1) is 26.0 Å². The van der Waals surface area contributed by atoms with Gasteiger partial charge in [-0.3, -0.25) is 9.97 Å². The van der Waals surface area contributed by atoms with Gasteiger partial charge in [-0.15, -0.1) is 12.1 Å². The van der Waals surface area contributed by atoms with Gasteiger partial charge in [-0.05, 0) is 36.4 Å². The fraction of sp³-hybridized carbons (Fsp3) is 0.0571. The molecule has 9 aromatic rings. The number of rotatable bonds is 3. The largest absolute Gasteiger partial charge is 2.00 e. The normalized spacial score (nSPS) is 11.7. The third-order valence-electron chi connectivity index (χ3n) is 8.13. The van der Waals surface area contributed by atoms with Gasteiger partial charge in [-0.1, -0.05) is 70.1 Å². The van der Waals surface area contributed by atoms with Gasteiger partial charge in [-0.25, -0.2) is 15.0 Å². The fourth-order valence-electron chi connectivity index (χ4n) is 6.21. The number of aromatic nitrogens is 7. The van der Waals surface area contributed by atoms with Crippen molar-refractivity contribution in [3.8, 4) is 22.8 Å². The summed E-state index contributed by atoms with van der Waals surface area (Å²) in [5, 5.41) is 5.60. The molecule has 0 fully saturated rings. The number of hydrogen-bond donors (Lipinski definition) is 0. The van der Waals surface area contributed by atoms with Gasteiger partial charge in [0.25, 0.3) is 0 Å². The third kappa shape index (κ3) is 3.84. The average Bonchev–Trinajstić information content (AvgIpc) is 3.73. The van der Waals surface area contributed by atoms with Crippen molar-refractivity contribution in [2.45, 2.75) is 13.8 Å². The van der Waals surface area contributed by atoms with E-state index in [1.165, 1.54) is 11.1 Å². The maximum atomic E-state index is 6.34. The van der Waals surface area contributed by atoms with E-state index >= 15 is 0 Å². The Kier molecular flexibility index (Phi) is 5.96. The molecule has 0 saturated carbocycles. The first-order valence-corrected chi connectivity index (χ1v) is 13.9. The molecule has 44 heavy (non-hydrogen) atoms.